The minimum Gasteiger partial charge on any atom is -0.483 e. The van der Waals surface area contributed by atoms with Gasteiger partial charge in [-0.3, -0.25) is 14.4 Å². The van der Waals surface area contributed by atoms with E-state index in [-0.39, 0.29) is 36.3 Å². The van der Waals surface area contributed by atoms with Gasteiger partial charge in [0.15, 0.2) is 0 Å². The molecule has 2 fully saturated rings. The van der Waals surface area contributed by atoms with Crippen molar-refractivity contribution < 1.29 is 37.8 Å². The average Bonchev–Trinajstić information content (AvgIpc) is 3.26. The lowest BCUT2D eigenvalue weighted by Crippen LogP contribution is -2.55. The van der Waals surface area contributed by atoms with Gasteiger partial charge < -0.3 is 30.1 Å². The molecule has 2 heterocycles. The predicted molar refractivity (Wildman–Crippen MR) is 148 cm³/mol. The van der Waals surface area contributed by atoms with Crippen molar-refractivity contribution in [2.45, 2.75) is 49.5 Å². The summed E-state index contributed by atoms with van der Waals surface area (Å²) in [4.78, 5) is 37.8. The summed E-state index contributed by atoms with van der Waals surface area (Å²) in [5.74, 6) is -0.616. The number of carboxylic acid groups (broad SMARTS) is 1. The molecule has 2 aliphatic heterocycles. The lowest BCUT2D eigenvalue weighted by molar-refractivity contribution is -0.148. The lowest BCUT2D eigenvalue weighted by atomic mass is 10.1. The van der Waals surface area contributed by atoms with E-state index < -0.39 is 34.1 Å². The normalized spacial score (nSPS) is 21.1. The number of hydrogen-bond acceptors (Lipinski definition) is 8. The number of halogens is 1. The number of nitrogens with zero attached hydrogens (tertiary/aromatic N) is 2. The van der Waals surface area contributed by atoms with Gasteiger partial charge in [0.1, 0.15) is 12.1 Å². The molecular formula is C26H35ClN4O8S. The maximum absolute atomic E-state index is 13.2. The number of benzene rings is 2. The smallest absolute Gasteiger partial charge is 0.290 e. The number of aliphatic hydroxyl groups excluding tert-OH is 1. The Balaban J connectivity index is 0.00000141. The van der Waals surface area contributed by atoms with Crippen molar-refractivity contribution in [2.24, 2.45) is 0 Å². The Bertz CT molecular complexity index is 1310. The van der Waals surface area contributed by atoms with Crippen LogP contribution in [0.3, 0.4) is 0 Å². The molecule has 40 heavy (non-hydrogen) atoms. The summed E-state index contributed by atoms with van der Waals surface area (Å²) < 4.78 is 34.3. The molecule has 12 nitrogen and oxygen atoms in total. The Labute approximate surface area is 238 Å². The van der Waals surface area contributed by atoms with Crippen LogP contribution in [0.1, 0.15) is 20.3 Å². The Kier molecular flexibility index (Phi) is 11.3. The maximum Gasteiger partial charge on any atom is 0.290 e. The van der Waals surface area contributed by atoms with Crippen LogP contribution in [0.15, 0.2) is 41.3 Å². The quantitative estimate of drug-likeness (QED) is 0.303. The molecule has 14 heteroatoms. The molecule has 0 bridgehead atoms. The molecule has 220 valence electrons. The van der Waals surface area contributed by atoms with Gasteiger partial charge in [0.05, 0.1) is 23.7 Å². The molecule has 3 unspecified atom stereocenters. The molecule has 2 aromatic carbocycles. The van der Waals surface area contributed by atoms with Crippen molar-refractivity contribution in [2.75, 3.05) is 39.3 Å². The van der Waals surface area contributed by atoms with Gasteiger partial charge in [-0.25, -0.2) is 8.42 Å². The maximum atomic E-state index is 13.2. The molecule has 0 saturated carbocycles. The number of carbonyl (C=O) groups is 3. The zero-order chi connectivity index (χ0) is 29.4. The number of nitrogens with one attached hydrogen (secondary N) is 2. The van der Waals surface area contributed by atoms with Crippen molar-refractivity contribution in [3.8, 4) is 0 Å². The summed E-state index contributed by atoms with van der Waals surface area (Å²) in [6.45, 7) is 5.48. The molecule has 2 aromatic rings. The molecule has 2 amide bonds. The van der Waals surface area contributed by atoms with Gasteiger partial charge in [-0.2, -0.15) is 4.72 Å². The fourth-order valence-corrected chi connectivity index (χ4v) is 6.15. The second kappa shape index (κ2) is 14.2. The highest BCUT2D eigenvalue weighted by atomic mass is 35.5. The summed E-state index contributed by atoms with van der Waals surface area (Å²) in [7, 11) is -3.96. The lowest BCUT2D eigenvalue weighted by Gasteiger charge is -2.36. The van der Waals surface area contributed by atoms with Crippen LogP contribution < -0.4 is 10.0 Å². The second-order valence-corrected chi connectivity index (χ2v) is 11.9. The Hall–Kier alpha value is -2.81. The number of ether oxygens (including phenoxy) is 1. The first-order valence-corrected chi connectivity index (χ1v) is 14.7. The van der Waals surface area contributed by atoms with E-state index in [0.29, 0.717) is 37.8 Å². The van der Waals surface area contributed by atoms with Crippen molar-refractivity contribution in [1.82, 2.24) is 19.8 Å². The summed E-state index contributed by atoms with van der Waals surface area (Å²) in [5.41, 5.74) is 0. The molecule has 0 radical (unpaired) electrons. The van der Waals surface area contributed by atoms with E-state index in [1.807, 2.05) is 0 Å². The summed E-state index contributed by atoms with van der Waals surface area (Å²) in [6, 6.07) is 8.21. The molecule has 4 rings (SSSR count). The van der Waals surface area contributed by atoms with E-state index in [0.717, 1.165) is 10.8 Å². The van der Waals surface area contributed by atoms with Crippen LogP contribution in [0, 0.1) is 0 Å². The number of rotatable bonds is 9. The number of fused-ring (bicyclic) bond motifs is 1. The van der Waals surface area contributed by atoms with Crippen molar-refractivity contribution >= 4 is 50.7 Å². The molecule has 2 saturated heterocycles. The Morgan fingerprint density at radius 3 is 2.58 bits per heavy atom. The average molecular weight is 599 g/mol. The van der Waals surface area contributed by atoms with E-state index in [9.17, 15) is 23.1 Å². The van der Waals surface area contributed by atoms with Crippen molar-refractivity contribution in [1.29, 1.82) is 0 Å². The van der Waals surface area contributed by atoms with E-state index in [1.54, 1.807) is 49.1 Å². The monoisotopic (exact) mass is 598 g/mol. The molecule has 2 aliphatic rings. The van der Waals surface area contributed by atoms with Crippen LogP contribution in [-0.4, -0.2) is 110 Å². The van der Waals surface area contributed by atoms with Gasteiger partial charge in [-0.1, -0.05) is 23.7 Å². The predicted octanol–water partition coefficient (Wildman–Crippen LogP) is 0.660. The third-order valence-corrected chi connectivity index (χ3v) is 8.41. The third kappa shape index (κ3) is 8.12. The second-order valence-electron chi connectivity index (χ2n) is 9.71. The van der Waals surface area contributed by atoms with Crippen molar-refractivity contribution in [3.05, 3.63) is 41.4 Å². The van der Waals surface area contributed by atoms with Crippen LogP contribution in [0.2, 0.25) is 5.02 Å². The minimum atomic E-state index is -3.96. The molecule has 0 aliphatic carbocycles. The van der Waals surface area contributed by atoms with E-state index in [1.165, 1.54) is 11.0 Å². The third-order valence-electron chi connectivity index (χ3n) is 6.71. The number of amides is 2. The zero-order valence-corrected chi connectivity index (χ0v) is 23.9. The molecule has 4 atom stereocenters. The van der Waals surface area contributed by atoms with E-state index in [2.05, 4.69) is 10.0 Å². The molecule has 0 aromatic heterocycles. The first kappa shape index (κ1) is 31.7. The van der Waals surface area contributed by atoms with Crippen LogP contribution in [-0.2, 0) is 29.1 Å². The number of carbonyl (C=O) groups excluding carboxylic acids is 2. The summed E-state index contributed by atoms with van der Waals surface area (Å²) in [6.07, 6.45) is -0.419. The molecule has 0 spiro atoms. The SMILES string of the molecule is CC(O)CNCC1CN(C(=O)C(C)N2CC[C@H](NS(=O)(=O)c3ccc4cc(Cl)ccc4c3)C2=O)CCO1.O=CO. The molecule has 4 N–H and O–H groups in total. The fraction of sp³-hybridized carbons (Fsp3) is 0.500. The number of aliphatic hydroxyl groups is 1. The van der Waals surface area contributed by atoms with E-state index in [4.69, 9.17) is 26.2 Å². The van der Waals surface area contributed by atoms with Crippen LogP contribution >= 0.6 is 11.6 Å². The fourth-order valence-electron chi connectivity index (χ4n) is 4.71. The van der Waals surface area contributed by atoms with Gasteiger partial charge in [-0.05, 0) is 55.3 Å². The highest BCUT2D eigenvalue weighted by Gasteiger charge is 2.40. The van der Waals surface area contributed by atoms with Crippen LogP contribution in [0.4, 0.5) is 0 Å². The standard InChI is InChI=1S/C25H33ClN4O6S.CH2O2/c1-16(31)13-27-14-21-15-29(9-10-36-21)24(32)17(2)30-8-7-23(25(30)33)28-37(34,35)22-6-4-18-11-20(26)5-3-19(18)12-22;2-1-3/h3-6,11-12,16-17,21,23,27-28,31H,7-10,13-15H2,1-2H3;1H,(H,2,3)/t16?,17?,21?,23-;/m0./s1. The number of sulfonamides is 1. The largest absolute Gasteiger partial charge is 0.483 e. The first-order valence-electron chi connectivity index (χ1n) is 12.9. The van der Waals surface area contributed by atoms with Gasteiger partial charge >= 0.3 is 0 Å². The Morgan fingerprint density at radius 1 is 1.20 bits per heavy atom. The van der Waals surface area contributed by atoms with Crippen LogP contribution in [0.5, 0.6) is 0 Å². The summed E-state index contributed by atoms with van der Waals surface area (Å²) in [5, 5.41) is 21.5. The highest BCUT2D eigenvalue weighted by Crippen LogP contribution is 2.24. The summed E-state index contributed by atoms with van der Waals surface area (Å²) >= 11 is 6.01. The van der Waals surface area contributed by atoms with Gasteiger partial charge in [0, 0.05) is 37.7 Å². The minimum absolute atomic E-state index is 0.0567. The number of morpholine rings is 1. The van der Waals surface area contributed by atoms with Crippen LogP contribution in [0.25, 0.3) is 10.8 Å². The number of likely N-dealkylation sites (tertiary alicyclic amines) is 1. The van der Waals surface area contributed by atoms with Gasteiger partial charge in [0.25, 0.3) is 6.47 Å². The Morgan fingerprint density at radius 2 is 1.88 bits per heavy atom. The zero-order valence-electron chi connectivity index (χ0n) is 22.3. The first-order chi connectivity index (χ1) is 19.0. The topological polar surface area (TPSA) is 166 Å². The van der Waals surface area contributed by atoms with Gasteiger partial charge in [-0.15, -0.1) is 0 Å². The molecular weight excluding hydrogens is 564 g/mol. The van der Waals surface area contributed by atoms with Crippen molar-refractivity contribution in [3.63, 3.8) is 0 Å². The van der Waals surface area contributed by atoms with E-state index >= 15 is 0 Å². The highest BCUT2D eigenvalue weighted by molar-refractivity contribution is 7.89. The number of hydrogen-bond donors (Lipinski definition) is 4. The van der Waals surface area contributed by atoms with Gasteiger partial charge in [0.2, 0.25) is 21.8 Å².